The lowest BCUT2D eigenvalue weighted by Crippen LogP contribution is -2.15. The van der Waals surface area contributed by atoms with Crippen molar-refractivity contribution in [3.05, 3.63) is 69.0 Å². The molecule has 6 heteroatoms. The number of nitrogens with one attached hydrogen (secondary N) is 1. The fourth-order valence-electron chi connectivity index (χ4n) is 1.99. The number of hydrogen-bond acceptors (Lipinski definition) is 3. The van der Waals surface area contributed by atoms with E-state index in [1.807, 2.05) is 26.0 Å². The maximum atomic E-state index is 13.2. The third kappa shape index (κ3) is 3.22. The minimum atomic E-state index is -0.715. The Morgan fingerprint density at radius 1 is 1.19 bits per heavy atom. The second-order valence-corrected chi connectivity index (χ2v) is 4.69. The molecule has 0 bridgehead atoms. The number of carbonyl (C=O) groups is 1. The number of halogens is 1. The Bertz CT molecular complexity index is 729. The summed E-state index contributed by atoms with van der Waals surface area (Å²) in [4.78, 5) is 22.3. The Morgan fingerprint density at radius 2 is 1.90 bits per heavy atom. The number of amides is 1. The summed E-state index contributed by atoms with van der Waals surface area (Å²) in [6.45, 7) is 3.72. The van der Waals surface area contributed by atoms with Crippen LogP contribution in [0.1, 0.15) is 21.5 Å². The van der Waals surface area contributed by atoms with Crippen molar-refractivity contribution in [1.29, 1.82) is 0 Å². The molecule has 0 aliphatic carbocycles. The van der Waals surface area contributed by atoms with Crippen molar-refractivity contribution >= 4 is 17.3 Å². The first kappa shape index (κ1) is 14.6. The number of carbonyl (C=O) groups excluding carboxylic acids is 1. The van der Waals surface area contributed by atoms with Crippen molar-refractivity contribution in [3.8, 4) is 0 Å². The lowest BCUT2D eigenvalue weighted by molar-refractivity contribution is -0.385. The van der Waals surface area contributed by atoms with Crippen LogP contribution in [0.15, 0.2) is 36.4 Å². The average Bonchev–Trinajstić information content (AvgIpc) is 2.41. The first-order valence-corrected chi connectivity index (χ1v) is 6.21. The molecule has 0 heterocycles. The lowest BCUT2D eigenvalue weighted by Gasteiger charge is -2.09. The van der Waals surface area contributed by atoms with Crippen molar-refractivity contribution in [2.75, 3.05) is 5.32 Å². The Labute approximate surface area is 120 Å². The zero-order chi connectivity index (χ0) is 15.6. The van der Waals surface area contributed by atoms with Crippen LogP contribution in [-0.2, 0) is 0 Å². The molecule has 0 aromatic heterocycles. The van der Waals surface area contributed by atoms with Crippen LogP contribution in [0, 0.1) is 29.8 Å². The molecule has 21 heavy (non-hydrogen) atoms. The molecule has 1 amide bonds. The molecule has 0 aliphatic rings. The van der Waals surface area contributed by atoms with Gasteiger partial charge in [0.05, 0.1) is 4.92 Å². The second-order valence-electron chi connectivity index (χ2n) is 4.69. The first-order chi connectivity index (χ1) is 9.88. The predicted octanol–water partition coefficient (Wildman–Crippen LogP) is 3.60. The van der Waals surface area contributed by atoms with Gasteiger partial charge in [-0.1, -0.05) is 17.7 Å². The molecule has 0 unspecified atom stereocenters. The Balaban J connectivity index is 2.36. The van der Waals surface area contributed by atoms with E-state index in [9.17, 15) is 19.3 Å². The van der Waals surface area contributed by atoms with Gasteiger partial charge in [-0.25, -0.2) is 4.39 Å². The van der Waals surface area contributed by atoms with Crippen LogP contribution in [-0.4, -0.2) is 10.8 Å². The van der Waals surface area contributed by atoms with E-state index in [1.165, 1.54) is 0 Å². The van der Waals surface area contributed by atoms with Crippen LogP contribution in [0.4, 0.5) is 15.8 Å². The summed E-state index contributed by atoms with van der Waals surface area (Å²) in [6.07, 6.45) is 0. The monoisotopic (exact) mass is 288 g/mol. The molecule has 0 atom stereocenters. The van der Waals surface area contributed by atoms with E-state index in [2.05, 4.69) is 5.32 Å². The molecular weight excluding hydrogens is 275 g/mol. The third-order valence-corrected chi connectivity index (χ3v) is 3.03. The van der Waals surface area contributed by atoms with E-state index in [1.54, 1.807) is 6.07 Å². The van der Waals surface area contributed by atoms with Gasteiger partial charge in [0.1, 0.15) is 11.4 Å². The van der Waals surface area contributed by atoms with E-state index in [0.29, 0.717) is 5.69 Å². The molecule has 2 rings (SSSR count). The van der Waals surface area contributed by atoms with Crippen LogP contribution in [0.5, 0.6) is 0 Å². The van der Waals surface area contributed by atoms with Crippen LogP contribution < -0.4 is 5.32 Å². The van der Waals surface area contributed by atoms with Gasteiger partial charge in [0.2, 0.25) is 0 Å². The van der Waals surface area contributed by atoms with Gasteiger partial charge in [-0.15, -0.1) is 0 Å². The van der Waals surface area contributed by atoms with Gasteiger partial charge < -0.3 is 5.32 Å². The zero-order valence-corrected chi connectivity index (χ0v) is 11.5. The van der Waals surface area contributed by atoms with Crippen molar-refractivity contribution in [1.82, 2.24) is 0 Å². The smallest absolute Gasteiger partial charge is 0.282 e. The molecular formula is C15H13FN2O3. The van der Waals surface area contributed by atoms with Crippen LogP contribution >= 0.6 is 0 Å². The van der Waals surface area contributed by atoms with Gasteiger partial charge in [0, 0.05) is 11.8 Å². The van der Waals surface area contributed by atoms with Crippen molar-refractivity contribution < 1.29 is 14.1 Å². The van der Waals surface area contributed by atoms with Gasteiger partial charge in [-0.3, -0.25) is 14.9 Å². The molecule has 5 nitrogen and oxygen atoms in total. The van der Waals surface area contributed by atoms with E-state index in [-0.39, 0.29) is 5.56 Å². The number of hydrogen-bond donors (Lipinski definition) is 1. The molecule has 0 aliphatic heterocycles. The summed E-state index contributed by atoms with van der Waals surface area (Å²) in [5.74, 6) is -1.42. The number of rotatable bonds is 3. The maximum Gasteiger partial charge on any atom is 0.282 e. The molecule has 108 valence electrons. The molecule has 0 saturated heterocycles. The van der Waals surface area contributed by atoms with E-state index < -0.39 is 22.3 Å². The summed E-state index contributed by atoms with van der Waals surface area (Å²) >= 11 is 0. The van der Waals surface area contributed by atoms with Gasteiger partial charge >= 0.3 is 0 Å². The number of nitro groups is 1. The highest BCUT2D eigenvalue weighted by atomic mass is 19.1. The Hall–Kier alpha value is -2.76. The summed E-state index contributed by atoms with van der Waals surface area (Å²) < 4.78 is 13.2. The fourth-order valence-corrected chi connectivity index (χ4v) is 1.99. The van der Waals surface area contributed by atoms with Gasteiger partial charge in [0.25, 0.3) is 11.6 Å². The molecule has 0 spiro atoms. The quantitative estimate of drug-likeness (QED) is 0.692. The molecule has 0 radical (unpaired) electrons. The van der Waals surface area contributed by atoms with E-state index in [4.69, 9.17) is 0 Å². The number of nitro benzene ring substituents is 1. The third-order valence-electron chi connectivity index (χ3n) is 3.03. The highest BCUT2D eigenvalue weighted by Crippen LogP contribution is 2.22. The van der Waals surface area contributed by atoms with Gasteiger partial charge in [-0.2, -0.15) is 0 Å². The standard InChI is InChI=1S/C15H13FN2O3/c1-9-3-5-13(10(2)7-9)17-15(19)12-8-11(16)4-6-14(12)18(20)21/h3-8H,1-2H3,(H,17,19). The summed E-state index contributed by atoms with van der Waals surface area (Å²) in [5, 5.41) is 13.5. The lowest BCUT2D eigenvalue weighted by atomic mass is 10.1. The van der Waals surface area contributed by atoms with Gasteiger partial charge in [0.15, 0.2) is 0 Å². The minimum Gasteiger partial charge on any atom is -0.322 e. The normalized spacial score (nSPS) is 10.2. The fraction of sp³-hybridized carbons (Fsp3) is 0.133. The molecule has 2 aromatic carbocycles. The minimum absolute atomic E-state index is 0.306. The molecule has 2 aromatic rings. The Morgan fingerprint density at radius 3 is 2.52 bits per heavy atom. The number of nitrogens with zero attached hydrogens (tertiary/aromatic N) is 1. The summed E-state index contributed by atoms with van der Waals surface area (Å²) in [7, 11) is 0. The van der Waals surface area contributed by atoms with Crippen LogP contribution in [0.25, 0.3) is 0 Å². The van der Waals surface area contributed by atoms with Crippen LogP contribution in [0.2, 0.25) is 0 Å². The van der Waals surface area contributed by atoms with Gasteiger partial charge in [-0.05, 0) is 37.6 Å². The number of benzene rings is 2. The average molecular weight is 288 g/mol. The number of aryl methyl sites for hydroxylation is 2. The second kappa shape index (κ2) is 5.70. The Kier molecular flexibility index (Phi) is 3.98. The highest BCUT2D eigenvalue weighted by molar-refractivity contribution is 6.07. The molecule has 0 fully saturated rings. The topological polar surface area (TPSA) is 72.2 Å². The predicted molar refractivity (Wildman–Crippen MR) is 76.9 cm³/mol. The van der Waals surface area contributed by atoms with Crippen LogP contribution in [0.3, 0.4) is 0 Å². The summed E-state index contributed by atoms with van der Waals surface area (Å²) in [6, 6.07) is 8.17. The number of anilines is 1. The first-order valence-electron chi connectivity index (χ1n) is 6.21. The van der Waals surface area contributed by atoms with Crippen molar-refractivity contribution in [3.63, 3.8) is 0 Å². The largest absolute Gasteiger partial charge is 0.322 e. The van der Waals surface area contributed by atoms with E-state index >= 15 is 0 Å². The van der Waals surface area contributed by atoms with E-state index in [0.717, 1.165) is 29.3 Å². The molecule has 1 N–H and O–H groups in total. The zero-order valence-electron chi connectivity index (χ0n) is 11.5. The SMILES string of the molecule is Cc1ccc(NC(=O)c2cc(F)ccc2[N+](=O)[O-])c(C)c1. The highest BCUT2D eigenvalue weighted by Gasteiger charge is 2.21. The maximum absolute atomic E-state index is 13.2. The summed E-state index contributed by atoms with van der Waals surface area (Å²) in [5.41, 5.74) is 1.65. The van der Waals surface area contributed by atoms with Crippen molar-refractivity contribution in [2.45, 2.75) is 13.8 Å². The van der Waals surface area contributed by atoms with Crippen molar-refractivity contribution in [2.24, 2.45) is 0 Å². The molecule has 0 saturated carbocycles.